The zero-order valence-corrected chi connectivity index (χ0v) is 13.1. The van der Waals surface area contributed by atoms with Gasteiger partial charge >= 0.3 is 6.09 Å². The van der Waals surface area contributed by atoms with Gasteiger partial charge in [0.25, 0.3) is 0 Å². The molecule has 5 nitrogen and oxygen atoms in total. The molecule has 0 aromatic rings. The van der Waals surface area contributed by atoms with Crippen LogP contribution >= 0.6 is 0 Å². The molecule has 1 fully saturated rings. The first-order chi connectivity index (χ1) is 8.78. The van der Waals surface area contributed by atoms with E-state index < -0.39 is 5.60 Å². The van der Waals surface area contributed by atoms with Gasteiger partial charge in [-0.25, -0.2) is 4.79 Å². The second-order valence-corrected chi connectivity index (χ2v) is 6.47. The van der Waals surface area contributed by atoms with Crippen LogP contribution in [-0.2, 0) is 4.74 Å². The number of hydrogen-bond donors (Lipinski definition) is 0. The molecule has 1 heterocycles. The minimum atomic E-state index is -0.403. The molecule has 1 amide bonds. The lowest BCUT2D eigenvalue weighted by Crippen LogP contribution is -2.50. The highest BCUT2D eigenvalue weighted by Crippen LogP contribution is 2.11. The fourth-order valence-corrected chi connectivity index (χ4v) is 2.09. The molecule has 0 spiro atoms. The van der Waals surface area contributed by atoms with Crippen molar-refractivity contribution in [2.75, 3.05) is 53.4 Å². The first kappa shape index (κ1) is 16.2. The van der Waals surface area contributed by atoms with E-state index in [2.05, 4.69) is 23.9 Å². The molecule has 0 saturated carbocycles. The molecule has 0 bridgehead atoms. The van der Waals surface area contributed by atoms with Gasteiger partial charge < -0.3 is 14.5 Å². The van der Waals surface area contributed by atoms with Crippen molar-refractivity contribution in [3.05, 3.63) is 0 Å². The third-order valence-corrected chi connectivity index (χ3v) is 3.10. The molecule has 0 radical (unpaired) electrons. The highest BCUT2D eigenvalue weighted by atomic mass is 16.6. The molecule has 5 heteroatoms. The van der Waals surface area contributed by atoms with Crippen molar-refractivity contribution in [3.63, 3.8) is 0 Å². The van der Waals surface area contributed by atoms with Crippen molar-refractivity contribution in [1.82, 2.24) is 14.7 Å². The Labute approximate surface area is 117 Å². The van der Waals surface area contributed by atoms with Crippen LogP contribution in [-0.4, -0.2) is 79.8 Å². The number of rotatable bonds is 4. The Morgan fingerprint density at radius 3 is 2.21 bits per heavy atom. The smallest absolute Gasteiger partial charge is 0.410 e. The highest BCUT2D eigenvalue weighted by molar-refractivity contribution is 5.68. The maximum absolute atomic E-state index is 11.9. The molecule has 1 aliphatic heterocycles. The number of piperazine rings is 1. The van der Waals surface area contributed by atoms with Crippen molar-refractivity contribution >= 4 is 6.09 Å². The SMILES string of the molecule is CN(C)CCCN1CCN(C(=O)OC(C)(C)C)CC1. The summed E-state index contributed by atoms with van der Waals surface area (Å²) in [5, 5.41) is 0. The normalized spacial score (nSPS) is 17.9. The number of ether oxygens (including phenoxy) is 1. The number of carbonyl (C=O) groups is 1. The zero-order valence-electron chi connectivity index (χ0n) is 13.1. The maximum Gasteiger partial charge on any atom is 0.410 e. The Kier molecular flexibility index (Phi) is 6.07. The molecular formula is C14H29N3O2. The van der Waals surface area contributed by atoms with E-state index in [0.717, 1.165) is 39.3 Å². The van der Waals surface area contributed by atoms with Crippen LogP contribution in [0.15, 0.2) is 0 Å². The van der Waals surface area contributed by atoms with E-state index in [9.17, 15) is 4.79 Å². The third kappa shape index (κ3) is 6.78. The van der Waals surface area contributed by atoms with Gasteiger partial charge in [-0.2, -0.15) is 0 Å². The van der Waals surface area contributed by atoms with Crippen LogP contribution in [0.25, 0.3) is 0 Å². The molecule has 1 rings (SSSR count). The van der Waals surface area contributed by atoms with E-state index in [0.29, 0.717) is 0 Å². The summed E-state index contributed by atoms with van der Waals surface area (Å²) in [5.41, 5.74) is -0.403. The molecular weight excluding hydrogens is 242 g/mol. The van der Waals surface area contributed by atoms with E-state index >= 15 is 0 Å². The summed E-state index contributed by atoms with van der Waals surface area (Å²) in [7, 11) is 4.20. The summed E-state index contributed by atoms with van der Waals surface area (Å²) >= 11 is 0. The quantitative estimate of drug-likeness (QED) is 0.776. The summed E-state index contributed by atoms with van der Waals surface area (Å²) in [6.07, 6.45) is 1.000. The van der Waals surface area contributed by atoms with Crippen LogP contribution < -0.4 is 0 Å². The van der Waals surface area contributed by atoms with Gasteiger partial charge in [-0.05, 0) is 54.4 Å². The predicted molar refractivity (Wildman–Crippen MR) is 77.4 cm³/mol. The minimum absolute atomic E-state index is 0.180. The van der Waals surface area contributed by atoms with Gasteiger partial charge in [-0.1, -0.05) is 0 Å². The lowest BCUT2D eigenvalue weighted by atomic mass is 10.2. The first-order valence-electron chi connectivity index (χ1n) is 7.13. The second kappa shape index (κ2) is 7.10. The number of carbonyl (C=O) groups excluding carboxylic acids is 1. The van der Waals surface area contributed by atoms with Crippen LogP contribution in [0.5, 0.6) is 0 Å². The van der Waals surface area contributed by atoms with Gasteiger partial charge in [0.2, 0.25) is 0 Å². The summed E-state index contributed by atoms with van der Waals surface area (Å²) in [6, 6.07) is 0. The van der Waals surface area contributed by atoms with Gasteiger partial charge in [0, 0.05) is 26.2 Å². The van der Waals surface area contributed by atoms with E-state index in [4.69, 9.17) is 4.74 Å². The fraction of sp³-hybridized carbons (Fsp3) is 0.929. The summed E-state index contributed by atoms with van der Waals surface area (Å²) in [4.78, 5) is 18.3. The van der Waals surface area contributed by atoms with Gasteiger partial charge in [0.05, 0.1) is 0 Å². The fourth-order valence-electron chi connectivity index (χ4n) is 2.09. The number of nitrogens with zero attached hydrogens (tertiary/aromatic N) is 3. The Morgan fingerprint density at radius 2 is 1.74 bits per heavy atom. The average Bonchev–Trinajstić information content (AvgIpc) is 2.27. The molecule has 0 unspecified atom stereocenters. The molecule has 0 aliphatic carbocycles. The Bertz CT molecular complexity index is 279. The molecule has 112 valence electrons. The molecule has 0 aromatic carbocycles. The van der Waals surface area contributed by atoms with Crippen LogP contribution in [0.4, 0.5) is 4.79 Å². The number of hydrogen-bond acceptors (Lipinski definition) is 4. The van der Waals surface area contributed by atoms with E-state index in [-0.39, 0.29) is 6.09 Å². The maximum atomic E-state index is 11.9. The first-order valence-corrected chi connectivity index (χ1v) is 7.13. The van der Waals surface area contributed by atoms with E-state index in [1.807, 2.05) is 25.7 Å². The largest absolute Gasteiger partial charge is 0.444 e. The van der Waals surface area contributed by atoms with Gasteiger partial charge in [-0.15, -0.1) is 0 Å². The van der Waals surface area contributed by atoms with Crippen LogP contribution in [0.3, 0.4) is 0 Å². The monoisotopic (exact) mass is 271 g/mol. The Balaban J connectivity index is 2.23. The van der Waals surface area contributed by atoms with Crippen LogP contribution in [0.2, 0.25) is 0 Å². The summed E-state index contributed by atoms with van der Waals surface area (Å²) < 4.78 is 5.39. The second-order valence-electron chi connectivity index (χ2n) is 6.47. The van der Waals surface area contributed by atoms with Gasteiger partial charge in [-0.3, -0.25) is 4.90 Å². The molecule has 0 aromatic heterocycles. The molecule has 0 N–H and O–H groups in total. The lowest BCUT2D eigenvalue weighted by Gasteiger charge is -2.35. The van der Waals surface area contributed by atoms with Crippen molar-refractivity contribution in [2.24, 2.45) is 0 Å². The minimum Gasteiger partial charge on any atom is -0.444 e. The van der Waals surface area contributed by atoms with Crippen molar-refractivity contribution in [2.45, 2.75) is 32.8 Å². The predicted octanol–water partition coefficient (Wildman–Crippen LogP) is 1.49. The Morgan fingerprint density at radius 1 is 1.16 bits per heavy atom. The Hall–Kier alpha value is -0.810. The van der Waals surface area contributed by atoms with Gasteiger partial charge in [0.1, 0.15) is 5.60 Å². The van der Waals surface area contributed by atoms with Crippen molar-refractivity contribution in [3.8, 4) is 0 Å². The highest BCUT2D eigenvalue weighted by Gasteiger charge is 2.25. The summed E-state index contributed by atoms with van der Waals surface area (Å²) in [5.74, 6) is 0. The van der Waals surface area contributed by atoms with E-state index in [1.165, 1.54) is 6.42 Å². The topological polar surface area (TPSA) is 36.0 Å². The lowest BCUT2D eigenvalue weighted by molar-refractivity contribution is 0.0143. The van der Waals surface area contributed by atoms with Crippen LogP contribution in [0.1, 0.15) is 27.2 Å². The average molecular weight is 271 g/mol. The number of amides is 1. The molecule has 1 aliphatic rings. The standard InChI is InChI=1S/C14H29N3O2/c1-14(2,3)19-13(18)17-11-9-16(10-12-17)8-6-7-15(4)5/h6-12H2,1-5H3. The molecule has 0 atom stereocenters. The van der Waals surface area contributed by atoms with Gasteiger partial charge in [0.15, 0.2) is 0 Å². The summed E-state index contributed by atoms with van der Waals surface area (Å²) in [6.45, 7) is 11.4. The van der Waals surface area contributed by atoms with Crippen molar-refractivity contribution < 1.29 is 9.53 Å². The third-order valence-electron chi connectivity index (χ3n) is 3.10. The molecule has 19 heavy (non-hydrogen) atoms. The van der Waals surface area contributed by atoms with Crippen molar-refractivity contribution in [1.29, 1.82) is 0 Å². The zero-order chi connectivity index (χ0) is 14.5. The van der Waals surface area contributed by atoms with Crippen LogP contribution in [0, 0.1) is 0 Å². The van der Waals surface area contributed by atoms with E-state index in [1.54, 1.807) is 0 Å². The molecule has 1 saturated heterocycles.